The Morgan fingerprint density at radius 1 is 1.45 bits per heavy atom. The number of carbonyl (C=O) groups excluding carboxylic acids is 1. The van der Waals surface area contributed by atoms with Gasteiger partial charge in [0.1, 0.15) is 0 Å². The molecule has 0 saturated carbocycles. The second-order valence-corrected chi connectivity index (χ2v) is 6.07. The fraction of sp³-hybridized carbons (Fsp3) is 0.500. The van der Waals surface area contributed by atoms with Crippen molar-refractivity contribution in [1.29, 1.82) is 0 Å². The van der Waals surface area contributed by atoms with E-state index in [0.717, 1.165) is 30.4 Å². The predicted octanol–water partition coefficient (Wildman–Crippen LogP) is 3.20. The van der Waals surface area contributed by atoms with Gasteiger partial charge in [-0.1, -0.05) is 27.5 Å². The van der Waals surface area contributed by atoms with E-state index in [1.54, 1.807) is 12.1 Å². The highest BCUT2D eigenvalue weighted by Gasteiger charge is 2.14. The Kier molecular flexibility index (Phi) is 6.29. The number of hydrogen-bond acceptors (Lipinski definition) is 3. The van der Waals surface area contributed by atoms with Crippen molar-refractivity contribution in [1.82, 2.24) is 5.32 Å². The maximum Gasteiger partial charge on any atom is 0.226 e. The SMILES string of the molecule is O=C(CCOC1CCNCC1)Nc1ccc(Br)cc1Cl. The molecule has 0 aromatic heterocycles. The number of carbonyl (C=O) groups is 1. The van der Waals surface area contributed by atoms with Crippen molar-refractivity contribution in [2.24, 2.45) is 0 Å². The van der Waals surface area contributed by atoms with Gasteiger partial charge >= 0.3 is 0 Å². The molecule has 1 aliphatic rings. The molecule has 110 valence electrons. The predicted molar refractivity (Wildman–Crippen MR) is 84.2 cm³/mol. The number of benzene rings is 1. The third-order valence-corrected chi connectivity index (χ3v) is 3.98. The summed E-state index contributed by atoms with van der Waals surface area (Å²) in [7, 11) is 0. The highest BCUT2D eigenvalue weighted by molar-refractivity contribution is 9.10. The van der Waals surface area contributed by atoms with Gasteiger partial charge in [0.15, 0.2) is 0 Å². The lowest BCUT2D eigenvalue weighted by Gasteiger charge is -2.22. The van der Waals surface area contributed by atoms with Crippen LogP contribution in [-0.4, -0.2) is 31.7 Å². The van der Waals surface area contributed by atoms with E-state index < -0.39 is 0 Å². The quantitative estimate of drug-likeness (QED) is 0.847. The molecule has 1 fully saturated rings. The maximum absolute atomic E-state index is 11.8. The molecule has 1 heterocycles. The Labute approximate surface area is 132 Å². The Morgan fingerprint density at radius 2 is 2.20 bits per heavy atom. The van der Waals surface area contributed by atoms with Gasteiger partial charge in [0.05, 0.1) is 29.8 Å². The largest absolute Gasteiger partial charge is 0.378 e. The number of hydrogen-bond donors (Lipinski definition) is 2. The van der Waals surface area contributed by atoms with Crippen LogP contribution >= 0.6 is 27.5 Å². The number of rotatable bonds is 5. The normalized spacial score (nSPS) is 16.1. The summed E-state index contributed by atoms with van der Waals surface area (Å²) < 4.78 is 6.58. The molecule has 0 unspecified atom stereocenters. The smallest absolute Gasteiger partial charge is 0.226 e. The van der Waals surface area contributed by atoms with Crippen molar-refractivity contribution in [2.45, 2.75) is 25.4 Å². The average Bonchev–Trinajstić information content (AvgIpc) is 2.43. The molecule has 4 nitrogen and oxygen atoms in total. The first kappa shape index (κ1) is 15.8. The molecule has 2 N–H and O–H groups in total. The molecule has 1 aromatic rings. The third kappa shape index (κ3) is 5.05. The van der Waals surface area contributed by atoms with Gasteiger partial charge in [0, 0.05) is 4.47 Å². The van der Waals surface area contributed by atoms with E-state index in [0.29, 0.717) is 23.7 Å². The summed E-state index contributed by atoms with van der Waals surface area (Å²) in [4.78, 5) is 11.8. The minimum absolute atomic E-state index is 0.0804. The Balaban J connectivity index is 1.72. The fourth-order valence-electron chi connectivity index (χ4n) is 2.08. The van der Waals surface area contributed by atoms with Gasteiger partial charge < -0.3 is 15.4 Å². The average molecular weight is 362 g/mol. The van der Waals surface area contributed by atoms with Crippen LogP contribution < -0.4 is 10.6 Å². The first-order chi connectivity index (χ1) is 9.65. The number of nitrogens with one attached hydrogen (secondary N) is 2. The van der Waals surface area contributed by atoms with Crippen LogP contribution in [0, 0.1) is 0 Å². The molecule has 20 heavy (non-hydrogen) atoms. The molecule has 0 atom stereocenters. The standard InChI is InChI=1S/C14H18BrClN2O2/c15-10-1-2-13(12(16)9-10)18-14(19)5-8-20-11-3-6-17-7-4-11/h1-2,9,11,17H,3-8H2,(H,18,19). The van der Waals surface area contributed by atoms with E-state index in [4.69, 9.17) is 16.3 Å². The second kappa shape index (κ2) is 7.98. The van der Waals surface area contributed by atoms with Crippen molar-refractivity contribution in [3.05, 3.63) is 27.7 Å². The lowest BCUT2D eigenvalue weighted by molar-refractivity contribution is -0.117. The van der Waals surface area contributed by atoms with E-state index in [2.05, 4.69) is 26.6 Å². The molecule has 0 radical (unpaired) electrons. The molecule has 6 heteroatoms. The topological polar surface area (TPSA) is 50.4 Å². The van der Waals surface area contributed by atoms with Crippen LogP contribution in [0.25, 0.3) is 0 Å². The first-order valence-corrected chi connectivity index (χ1v) is 7.89. The molecule has 1 aliphatic heterocycles. The zero-order valence-corrected chi connectivity index (χ0v) is 13.5. The maximum atomic E-state index is 11.8. The molecule has 1 amide bonds. The molecular weight excluding hydrogens is 344 g/mol. The summed E-state index contributed by atoms with van der Waals surface area (Å²) in [6.07, 6.45) is 2.65. The molecule has 1 aromatic carbocycles. The van der Waals surface area contributed by atoms with Gasteiger partial charge in [0.2, 0.25) is 5.91 Å². The second-order valence-electron chi connectivity index (χ2n) is 4.74. The van der Waals surface area contributed by atoms with Crippen molar-refractivity contribution in [3.63, 3.8) is 0 Å². The van der Waals surface area contributed by atoms with Crippen molar-refractivity contribution >= 4 is 39.1 Å². The summed E-state index contributed by atoms with van der Waals surface area (Å²) in [5.41, 5.74) is 0.627. The van der Waals surface area contributed by atoms with Crippen LogP contribution in [0.1, 0.15) is 19.3 Å². The van der Waals surface area contributed by atoms with Gasteiger partial charge in [-0.05, 0) is 44.1 Å². The van der Waals surface area contributed by atoms with Crippen LogP contribution in [0.4, 0.5) is 5.69 Å². The van der Waals surface area contributed by atoms with Gasteiger partial charge in [-0.25, -0.2) is 0 Å². The van der Waals surface area contributed by atoms with Crippen LogP contribution in [0.3, 0.4) is 0 Å². The third-order valence-electron chi connectivity index (χ3n) is 3.17. The van der Waals surface area contributed by atoms with Crippen LogP contribution in [0.5, 0.6) is 0 Å². The van der Waals surface area contributed by atoms with Crippen LogP contribution in [-0.2, 0) is 9.53 Å². The Morgan fingerprint density at radius 3 is 2.90 bits per heavy atom. The van der Waals surface area contributed by atoms with Crippen LogP contribution in [0.2, 0.25) is 5.02 Å². The van der Waals surface area contributed by atoms with E-state index in [-0.39, 0.29) is 12.0 Å². The van der Waals surface area contributed by atoms with Crippen molar-refractivity contribution in [2.75, 3.05) is 25.0 Å². The molecule has 0 spiro atoms. The number of ether oxygens (including phenoxy) is 1. The summed E-state index contributed by atoms with van der Waals surface area (Å²) in [5, 5.41) is 6.59. The van der Waals surface area contributed by atoms with E-state index in [9.17, 15) is 4.79 Å². The number of halogens is 2. The van der Waals surface area contributed by atoms with Gasteiger partial charge in [0.25, 0.3) is 0 Å². The zero-order chi connectivity index (χ0) is 14.4. The van der Waals surface area contributed by atoms with Gasteiger partial charge in [-0.3, -0.25) is 4.79 Å². The first-order valence-electron chi connectivity index (χ1n) is 6.72. The monoisotopic (exact) mass is 360 g/mol. The highest BCUT2D eigenvalue weighted by Crippen LogP contribution is 2.25. The van der Waals surface area contributed by atoms with Crippen molar-refractivity contribution in [3.8, 4) is 0 Å². The fourth-order valence-corrected chi connectivity index (χ4v) is 2.80. The summed E-state index contributed by atoms with van der Waals surface area (Å²) in [5.74, 6) is -0.0804. The van der Waals surface area contributed by atoms with Crippen LogP contribution in [0.15, 0.2) is 22.7 Å². The van der Waals surface area contributed by atoms with E-state index >= 15 is 0 Å². The van der Waals surface area contributed by atoms with E-state index in [1.807, 2.05) is 6.07 Å². The Hall–Kier alpha value is -0.620. The molecule has 0 aliphatic carbocycles. The van der Waals surface area contributed by atoms with E-state index in [1.165, 1.54) is 0 Å². The molecular formula is C14H18BrClN2O2. The Bertz CT molecular complexity index is 464. The molecule has 0 bridgehead atoms. The lowest BCUT2D eigenvalue weighted by atomic mass is 10.1. The van der Waals surface area contributed by atoms with Gasteiger partial charge in [-0.15, -0.1) is 0 Å². The number of amides is 1. The summed E-state index contributed by atoms with van der Waals surface area (Å²) in [6, 6.07) is 5.37. The summed E-state index contributed by atoms with van der Waals surface area (Å²) in [6.45, 7) is 2.43. The minimum Gasteiger partial charge on any atom is -0.378 e. The lowest BCUT2D eigenvalue weighted by Crippen LogP contribution is -2.33. The number of anilines is 1. The highest BCUT2D eigenvalue weighted by atomic mass is 79.9. The molecule has 2 rings (SSSR count). The minimum atomic E-state index is -0.0804. The molecule has 1 saturated heterocycles. The zero-order valence-electron chi connectivity index (χ0n) is 11.1. The number of piperidine rings is 1. The van der Waals surface area contributed by atoms with Gasteiger partial charge in [-0.2, -0.15) is 0 Å². The summed E-state index contributed by atoms with van der Waals surface area (Å²) >= 11 is 9.37. The van der Waals surface area contributed by atoms with Crippen molar-refractivity contribution < 1.29 is 9.53 Å².